The van der Waals surface area contributed by atoms with Gasteiger partial charge in [0.2, 0.25) is 10.0 Å². The van der Waals surface area contributed by atoms with Crippen LogP contribution in [-0.2, 0) is 10.0 Å². The molecule has 0 radical (unpaired) electrons. The maximum Gasteiger partial charge on any atom is 0.241 e. The molecule has 21 heavy (non-hydrogen) atoms. The molecular formula is C16H20N2O2S. The molecule has 5 heteroatoms. The highest BCUT2D eigenvalue weighted by atomic mass is 32.2. The van der Waals surface area contributed by atoms with Gasteiger partial charge in [0.05, 0.1) is 4.90 Å². The third-order valence-electron chi connectivity index (χ3n) is 3.47. The van der Waals surface area contributed by atoms with E-state index in [2.05, 4.69) is 4.72 Å². The van der Waals surface area contributed by atoms with E-state index < -0.39 is 10.0 Å². The summed E-state index contributed by atoms with van der Waals surface area (Å²) in [5.74, 6) is 0. The van der Waals surface area contributed by atoms with Crippen LogP contribution in [0.3, 0.4) is 0 Å². The van der Waals surface area contributed by atoms with Crippen LogP contribution in [0, 0.1) is 6.92 Å². The molecule has 1 atom stereocenters. The summed E-state index contributed by atoms with van der Waals surface area (Å²) in [7, 11) is -3.59. The Morgan fingerprint density at radius 2 is 1.81 bits per heavy atom. The molecule has 0 heterocycles. The van der Waals surface area contributed by atoms with Crippen molar-refractivity contribution in [1.82, 2.24) is 4.72 Å². The van der Waals surface area contributed by atoms with E-state index >= 15 is 0 Å². The van der Waals surface area contributed by atoms with E-state index in [1.165, 1.54) is 6.07 Å². The Hall–Kier alpha value is -1.85. The minimum absolute atomic E-state index is 0.194. The third-order valence-corrected chi connectivity index (χ3v) is 4.94. The first kappa shape index (κ1) is 15.5. The molecule has 4 nitrogen and oxygen atoms in total. The number of rotatable bonds is 5. The van der Waals surface area contributed by atoms with Crippen LogP contribution in [0.2, 0.25) is 0 Å². The number of anilines is 1. The van der Waals surface area contributed by atoms with E-state index in [0.717, 1.165) is 11.1 Å². The zero-order valence-electron chi connectivity index (χ0n) is 12.2. The van der Waals surface area contributed by atoms with E-state index in [9.17, 15) is 8.42 Å². The molecule has 0 fully saturated rings. The molecule has 0 aromatic heterocycles. The van der Waals surface area contributed by atoms with Gasteiger partial charge in [-0.1, -0.05) is 43.3 Å². The van der Waals surface area contributed by atoms with Crippen LogP contribution in [0.1, 0.15) is 30.5 Å². The van der Waals surface area contributed by atoms with Gasteiger partial charge in [-0.3, -0.25) is 0 Å². The molecular weight excluding hydrogens is 284 g/mol. The van der Waals surface area contributed by atoms with E-state index in [4.69, 9.17) is 5.73 Å². The average Bonchev–Trinajstić information content (AvgIpc) is 2.48. The smallest absolute Gasteiger partial charge is 0.241 e. The van der Waals surface area contributed by atoms with Crippen LogP contribution >= 0.6 is 0 Å². The normalized spacial score (nSPS) is 13.0. The van der Waals surface area contributed by atoms with Crippen molar-refractivity contribution in [2.24, 2.45) is 0 Å². The van der Waals surface area contributed by atoms with Gasteiger partial charge in [-0.2, -0.15) is 0 Å². The maximum absolute atomic E-state index is 12.5. The van der Waals surface area contributed by atoms with Crippen molar-refractivity contribution in [3.8, 4) is 0 Å². The van der Waals surface area contributed by atoms with Crippen LogP contribution in [0.4, 0.5) is 5.69 Å². The lowest BCUT2D eigenvalue weighted by molar-refractivity contribution is 0.550. The molecule has 2 aromatic carbocycles. The molecule has 0 aliphatic heterocycles. The molecule has 0 aliphatic carbocycles. The zero-order valence-corrected chi connectivity index (χ0v) is 13.0. The summed E-state index contributed by atoms with van der Waals surface area (Å²) in [6.45, 7) is 3.79. The van der Waals surface area contributed by atoms with Crippen LogP contribution < -0.4 is 10.5 Å². The third kappa shape index (κ3) is 3.62. The number of hydrogen-bond donors (Lipinski definition) is 2. The SMILES string of the molecule is CCC(NS(=O)(=O)c1ccc(C)c(N)c1)c1ccccc1. The van der Waals surface area contributed by atoms with Crippen molar-refractivity contribution >= 4 is 15.7 Å². The number of nitrogens with two attached hydrogens (primary N) is 1. The van der Waals surface area contributed by atoms with Gasteiger partial charge in [0.15, 0.2) is 0 Å². The van der Waals surface area contributed by atoms with Crippen LogP contribution in [0.25, 0.3) is 0 Å². The summed E-state index contributed by atoms with van der Waals surface area (Å²) in [5.41, 5.74) is 8.09. The fraction of sp³-hybridized carbons (Fsp3) is 0.250. The fourth-order valence-electron chi connectivity index (χ4n) is 2.11. The van der Waals surface area contributed by atoms with Gasteiger partial charge in [-0.25, -0.2) is 13.1 Å². The monoisotopic (exact) mass is 304 g/mol. The molecule has 0 saturated heterocycles. The van der Waals surface area contributed by atoms with E-state index in [0.29, 0.717) is 12.1 Å². The summed E-state index contributed by atoms with van der Waals surface area (Å²) >= 11 is 0. The second-order valence-electron chi connectivity index (χ2n) is 5.01. The molecule has 0 spiro atoms. The van der Waals surface area contributed by atoms with Gasteiger partial charge < -0.3 is 5.73 Å². The summed E-state index contributed by atoms with van der Waals surface area (Å²) < 4.78 is 27.7. The van der Waals surface area contributed by atoms with E-state index in [-0.39, 0.29) is 10.9 Å². The van der Waals surface area contributed by atoms with Crippen molar-refractivity contribution in [3.05, 3.63) is 59.7 Å². The first-order valence-electron chi connectivity index (χ1n) is 6.87. The zero-order chi connectivity index (χ0) is 15.5. The van der Waals surface area contributed by atoms with Crippen molar-refractivity contribution < 1.29 is 8.42 Å². The van der Waals surface area contributed by atoms with E-state index in [1.807, 2.05) is 44.2 Å². The summed E-state index contributed by atoms with van der Waals surface area (Å²) in [6, 6.07) is 14.1. The predicted molar refractivity (Wildman–Crippen MR) is 85.4 cm³/mol. The molecule has 0 bridgehead atoms. The summed E-state index contributed by atoms with van der Waals surface area (Å²) in [5, 5.41) is 0. The van der Waals surface area contributed by atoms with Gasteiger partial charge in [0, 0.05) is 11.7 Å². The Kier molecular flexibility index (Phi) is 4.65. The summed E-state index contributed by atoms with van der Waals surface area (Å²) in [4.78, 5) is 0.194. The Bertz CT molecular complexity index is 712. The Morgan fingerprint density at radius 3 is 2.38 bits per heavy atom. The van der Waals surface area contributed by atoms with Gasteiger partial charge in [0.25, 0.3) is 0 Å². The second-order valence-corrected chi connectivity index (χ2v) is 6.73. The average molecular weight is 304 g/mol. The predicted octanol–water partition coefficient (Wildman–Crippen LogP) is 3.01. The molecule has 0 saturated carbocycles. The number of benzene rings is 2. The van der Waals surface area contributed by atoms with Crippen molar-refractivity contribution in [2.45, 2.75) is 31.2 Å². The summed E-state index contributed by atoms with van der Waals surface area (Å²) in [6.07, 6.45) is 0.671. The molecule has 2 aromatic rings. The largest absolute Gasteiger partial charge is 0.398 e. The van der Waals surface area contributed by atoms with Crippen molar-refractivity contribution in [2.75, 3.05) is 5.73 Å². The number of nitrogen functional groups attached to an aromatic ring is 1. The lowest BCUT2D eigenvalue weighted by atomic mass is 10.1. The van der Waals surface area contributed by atoms with Crippen LogP contribution in [0.5, 0.6) is 0 Å². The standard InChI is InChI=1S/C16H20N2O2S/c1-3-16(13-7-5-4-6-8-13)18-21(19,20)14-10-9-12(2)15(17)11-14/h4-11,16,18H,3,17H2,1-2H3. The lowest BCUT2D eigenvalue weighted by Crippen LogP contribution is -2.28. The van der Waals surface area contributed by atoms with Crippen LogP contribution in [-0.4, -0.2) is 8.42 Å². The van der Waals surface area contributed by atoms with Crippen molar-refractivity contribution in [1.29, 1.82) is 0 Å². The highest BCUT2D eigenvalue weighted by molar-refractivity contribution is 7.89. The number of sulfonamides is 1. The first-order valence-corrected chi connectivity index (χ1v) is 8.35. The minimum Gasteiger partial charge on any atom is -0.398 e. The molecule has 2 rings (SSSR count). The molecule has 1 unspecified atom stereocenters. The molecule has 0 amide bonds. The first-order chi connectivity index (χ1) is 9.94. The maximum atomic E-state index is 12.5. The Labute approximate surface area is 126 Å². The highest BCUT2D eigenvalue weighted by Gasteiger charge is 2.20. The number of nitrogens with one attached hydrogen (secondary N) is 1. The lowest BCUT2D eigenvalue weighted by Gasteiger charge is -2.18. The molecule has 0 aliphatic rings. The number of aryl methyl sites for hydroxylation is 1. The van der Waals surface area contributed by atoms with E-state index in [1.54, 1.807) is 12.1 Å². The van der Waals surface area contributed by atoms with Crippen LogP contribution in [0.15, 0.2) is 53.4 Å². The fourth-order valence-corrected chi connectivity index (χ4v) is 3.46. The van der Waals surface area contributed by atoms with Gasteiger partial charge in [-0.15, -0.1) is 0 Å². The second kappa shape index (κ2) is 6.28. The molecule has 3 N–H and O–H groups in total. The van der Waals surface area contributed by atoms with Gasteiger partial charge in [-0.05, 0) is 36.6 Å². The highest BCUT2D eigenvalue weighted by Crippen LogP contribution is 2.22. The quantitative estimate of drug-likeness (QED) is 0.834. The Balaban J connectivity index is 2.29. The van der Waals surface area contributed by atoms with Gasteiger partial charge in [0.1, 0.15) is 0 Å². The van der Waals surface area contributed by atoms with Gasteiger partial charge >= 0.3 is 0 Å². The number of hydrogen-bond acceptors (Lipinski definition) is 3. The molecule has 112 valence electrons. The minimum atomic E-state index is -3.59. The van der Waals surface area contributed by atoms with Crippen molar-refractivity contribution in [3.63, 3.8) is 0 Å². The Morgan fingerprint density at radius 1 is 1.14 bits per heavy atom. The topological polar surface area (TPSA) is 72.2 Å².